The van der Waals surface area contributed by atoms with Crippen molar-refractivity contribution in [3.63, 3.8) is 0 Å². The highest BCUT2D eigenvalue weighted by Gasteiger charge is 2.73. The predicted molar refractivity (Wildman–Crippen MR) is 258 cm³/mol. The van der Waals surface area contributed by atoms with Crippen molar-refractivity contribution in [3.05, 3.63) is 89.5 Å². The first-order valence-corrected chi connectivity index (χ1v) is 24.9. The van der Waals surface area contributed by atoms with E-state index in [0.29, 0.717) is 49.8 Å². The Morgan fingerprint density at radius 3 is 2.17 bits per heavy atom. The van der Waals surface area contributed by atoms with E-state index >= 15 is 0 Å². The summed E-state index contributed by atoms with van der Waals surface area (Å²) < 4.78 is 11.7. The number of aliphatic hydroxyl groups is 2. The Labute approximate surface area is 413 Å². The standard InChI is InChI=1S/C53H66N6O12/c1-32(60)54-29-44(63)57-42(27-33-7-5-4-6-8-33)48(66)55-30-43(62)56-37-14-9-34(10-15-37)31-70-49(67)58-23-25-59(26-24-58)50(68)71-39-19-21-51(2)36(28-39)13-18-41-45(51)46(64)47(65)52(3)40(20-22-53(41,52)69)35-11-16-38(61)17-12-35/h4-12,14-16,36,39-42,45-46,64,69H,13,17-31H2,1-3H3,(H,54,60)(H,55,66)(H,56,62)(H,57,63)/t36-,39+,40-,41-,42+,45-,46+,51+,52+,53+/m1/s1. The molecular weight excluding hydrogens is 913 g/mol. The molecule has 1 heterocycles. The van der Waals surface area contributed by atoms with Gasteiger partial charge in [-0.3, -0.25) is 28.8 Å². The molecule has 0 unspecified atom stereocenters. The Kier molecular flexibility index (Phi) is 15.2. The summed E-state index contributed by atoms with van der Waals surface area (Å²) in [6, 6.07) is 14.7. The summed E-state index contributed by atoms with van der Waals surface area (Å²) >= 11 is 0. The fourth-order valence-electron chi connectivity index (χ4n) is 12.7. The molecule has 6 aliphatic rings. The van der Waals surface area contributed by atoms with Gasteiger partial charge in [-0.1, -0.05) is 61.5 Å². The lowest BCUT2D eigenvalue weighted by Gasteiger charge is -2.64. The molecule has 0 bridgehead atoms. The third-order valence-corrected chi connectivity index (χ3v) is 16.6. The fraction of sp³-hybridized carbons (Fsp3) is 0.547. The van der Waals surface area contributed by atoms with Crippen LogP contribution in [0.4, 0.5) is 15.3 Å². The van der Waals surface area contributed by atoms with Crippen LogP contribution in [0.15, 0.2) is 78.4 Å². The number of ether oxygens (including phenoxy) is 2. The number of piperazine rings is 1. The number of Topliss-reactive ketones (excluding diaryl/α,β-unsaturated/α-hetero) is 1. The largest absolute Gasteiger partial charge is 0.446 e. The van der Waals surface area contributed by atoms with Crippen molar-refractivity contribution in [1.29, 1.82) is 0 Å². The van der Waals surface area contributed by atoms with E-state index in [0.717, 1.165) is 17.6 Å². The van der Waals surface area contributed by atoms with Crippen molar-refractivity contribution in [2.24, 2.45) is 34.5 Å². The molecular formula is C53H66N6O12. The van der Waals surface area contributed by atoms with Crippen LogP contribution in [-0.2, 0) is 51.3 Å². The Hall–Kier alpha value is -6.40. The van der Waals surface area contributed by atoms with Gasteiger partial charge >= 0.3 is 12.2 Å². The SMILES string of the molecule is CC(=O)NCC(=O)N[C@@H](Cc1ccccc1)C(=O)NCC(=O)Nc1ccc(COC(=O)N2CCN(C(=O)O[C@H]3CC[C@@]4(C)[C@H](CC[C@@H]5[C@@H]4[C@H](O)C(=O)[C@]4(C)[C@@H](C6=CCC(=O)C=C6)CC[C@]54O)C3)CC2)cc1. The highest BCUT2D eigenvalue weighted by atomic mass is 16.6. The molecule has 71 heavy (non-hydrogen) atoms. The Morgan fingerprint density at radius 2 is 1.49 bits per heavy atom. The quantitative estimate of drug-likeness (QED) is 0.168. The molecule has 8 rings (SSSR count). The van der Waals surface area contributed by atoms with E-state index in [1.807, 2.05) is 31.2 Å². The molecule has 18 heteroatoms. The summed E-state index contributed by atoms with van der Waals surface area (Å²) in [5.41, 5.74) is -0.104. The molecule has 10 atom stereocenters. The van der Waals surface area contributed by atoms with Crippen molar-refractivity contribution in [1.82, 2.24) is 25.8 Å². The number of hydrogen-bond acceptors (Lipinski definition) is 12. The van der Waals surface area contributed by atoms with E-state index in [-0.39, 0.29) is 94.1 Å². The smallest absolute Gasteiger partial charge is 0.410 e. The molecule has 6 amide bonds. The predicted octanol–water partition coefficient (Wildman–Crippen LogP) is 3.74. The summed E-state index contributed by atoms with van der Waals surface area (Å²) in [6.45, 7) is 5.55. The molecule has 4 saturated carbocycles. The highest BCUT2D eigenvalue weighted by Crippen LogP contribution is 2.69. The number of nitrogens with one attached hydrogen (secondary N) is 4. The van der Waals surface area contributed by atoms with Gasteiger partial charge in [0.1, 0.15) is 24.9 Å². The summed E-state index contributed by atoms with van der Waals surface area (Å²) in [6.07, 6.45) is 7.33. The van der Waals surface area contributed by atoms with Gasteiger partial charge in [-0.25, -0.2) is 9.59 Å². The van der Waals surface area contributed by atoms with Crippen LogP contribution >= 0.6 is 0 Å². The van der Waals surface area contributed by atoms with Crippen molar-refractivity contribution in [2.45, 2.75) is 109 Å². The molecule has 0 spiro atoms. The normalized spacial score (nSPS) is 30.4. The van der Waals surface area contributed by atoms with E-state index in [1.54, 1.807) is 53.5 Å². The number of rotatable bonds is 13. The number of benzene rings is 2. The molecule has 0 aromatic heterocycles. The minimum Gasteiger partial charge on any atom is -0.446 e. The molecule has 380 valence electrons. The zero-order chi connectivity index (χ0) is 50.7. The second-order valence-electron chi connectivity index (χ2n) is 20.6. The van der Waals surface area contributed by atoms with E-state index in [1.165, 1.54) is 11.8 Å². The minimum absolute atomic E-state index is 0.00362. The molecule has 0 radical (unpaired) electrons. The van der Waals surface area contributed by atoms with E-state index < -0.39 is 70.3 Å². The summed E-state index contributed by atoms with van der Waals surface area (Å²) in [5.74, 6) is -3.23. The van der Waals surface area contributed by atoms with Gasteiger partial charge in [0.25, 0.3) is 0 Å². The first kappa shape index (κ1) is 51.0. The highest BCUT2D eigenvalue weighted by molar-refractivity contribution is 5.97. The number of ketones is 2. The van der Waals surface area contributed by atoms with Gasteiger partial charge in [0.15, 0.2) is 11.6 Å². The van der Waals surface area contributed by atoms with Crippen LogP contribution in [-0.4, -0.2) is 131 Å². The van der Waals surface area contributed by atoms with Gasteiger partial charge in [0.05, 0.1) is 24.1 Å². The average molecular weight is 979 g/mol. The maximum absolute atomic E-state index is 14.4. The first-order valence-electron chi connectivity index (χ1n) is 24.9. The van der Waals surface area contributed by atoms with Crippen molar-refractivity contribution < 1.29 is 58.0 Å². The second kappa shape index (κ2) is 21.1. The van der Waals surface area contributed by atoms with Crippen LogP contribution in [0.25, 0.3) is 0 Å². The molecule has 1 aliphatic heterocycles. The van der Waals surface area contributed by atoms with Crippen molar-refractivity contribution >= 4 is 53.1 Å². The number of hydrogen-bond donors (Lipinski definition) is 6. The maximum atomic E-state index is 14.4. The third-order valence-electron chi connectivity index (χ3n) is 16.6. The van der Waals surface area contributed by atoms with Crippen molar-refractivity contribution in [2.75, 3.05) is 44.6 Å². The first-order chi connectivity index (χ1) is 33.9. The Morgan fingerprint density at radius 1 is 0.803 bits per heavy atom. The summed E-state index contributed by atoms with van der Waals surface area (Å²) in [5, 5.41) is 34.8. The lowest BCUT2D eigenvalue weighted by atomic mass is 9.42. The Bertz CT molecular complexity index is 2460. The molecule has 2 aromatic rings. The van der Waals surface area contributed by atoms with E-state index in [4.69, 9.17) is 9.47 Å². The number of amides is 6. The zero-order valence-corrected chi connectivity index (χ0v) is 40.7. The summed E-state index contributed by atoms with van der Waals surface area (Å²) in [7, 11) is 0. The van der Waals surface area contributed by atoms with E-state index in [9.17, 15) is 48.6 Å². The minimum atomic E-state index is -1.28. The number of carbonyl (C=O) groups is 8. The molecule has 2 aromatic carbocycles. The third kappa shape index (κ3) is 10.6. The van der Waals surface area contributed by atoms with Crippen LogP contribution in [0.1, 0.15) is 83.3 Å². The topological polar surface area (TPSA) is 250 Å². The summed E-state index contributed by atoms with van der Waals surface area (Å²) in [4.78, 5) is 105. The molecule has 6 N–H and O–H groups in total. The van der Waals surface area contributed by atoms with Crippen molar-refractivity contribution in [3.8, 4) is 0 Å². The molecule has 5 fully saturated rings. The van der Waals surface area contributed by atoms with Gasteiger partial charge in [-0.05, 0) is 110 Å². The molecule has 18 nitrogen and oxygen atoms in total. The van der Waals surface area contributed by atoms with Gasteiger partial charge in [-0.2, -0.15) is 0 Å². The van der Waals surface area contributed by atoms with Crippen LogP contribution in [0, 0.1) is 34.5 Å². The Balaban J connectivity index is 0.755. The van der Waals surface area contributed by atoms with Gasteiger partial charge in [0.2, 0.25) is 23.6 Å². The fourth-order valence-corrected chi connectivity index (χ4v) is 12.7. The molecule has 1 saturated heterocycles. The maximum Gasteiger partial charge on any atom is 0.410 e. The number of aliphatic hydroxyl groups excluding tert-OH is 1. The number of fused-ring (bicyclic) bond motifs is 5. The number of anilines is 1. The van der Waals surface area contributed by atoms with Crippen LogP contribution in [0.3, 0.4) is 0 Å². The second-order valence-corrected chi connectivity index (χ2v) is 20.6. The zero-order valence-electron chi connectivity index (χ0n) is 40.7. The molecule has 5 aliphatic carbocycles. The lowest BCUT2D eigenvalue weighted by Crippen LogP contribution is -2.70. The van der Waals surface area contributed by atoms with Crippen LogP contribution < -0.4 is 21.3 Å². The van der Waals surface area contributed by atoms with Crippen LogP contribution in [0.2, 0.25) is 0 Å². The number of allylic oxidation sites excluding steroid dienone is 4. The monoisotopic (exact) mass is 978 g/mol. The van der Waals surface area contributed by atoms with Crippen LogP contribution in [0.5, 0.6) is 0 Å². The van der Waals surface area contributed by atoms with Gasteiger partial charge in [0, 0.05) is 57.5 Å². The van der Waals surface area contributed by atoms with Gasteiger partial charge < -0.3 is 50.8 Å². The average Bonchev–Trinajstić information content (AvgIpc) is 3.65. The van der Waals surface area contributed by atoms with Gasteiger partial charge in [-0.15, -0.1) is 0 Å². The van der Waals surface area contributed by atoms with E-state index in [2.05, 4.69) is 28.2 Å². The number of carbonyl (C=O) groups excluding carboxylic acids is 8. The number of nitrogens with zero attached hydrogens (tertiary/aromatic N) is 2. The lowest BCUT2D eigenvalue weighted by molar-refractivity contribution is -0.230.